The Bertz CT molecular complexity index is 932. The quantitative estimate of drug-likeness (QED) is 0.602. The smallest absolute Gasteiger partial charge is 0.274 e. The first-order valence-electron chi connectivity index (χ1n) is 5.84. The first-order valence-corrected chi connectivity index (χ1v) is 6.72. The lowest BCUT2D eigenvalue weighted by Crippen LogP contribution is -2.14. The van der Waals surface area contributed by atoms with Gasteiger partial charge >= 0.3 is 0 Å². The molecule has 1 N–H and O–H groups in total. The number of thiazole rings is 1. The molecule has 4 aromatic rings. The number of H-pyrrole nitrogens is 1. The second-order valence-electron chi connectivity index (χ2n) is 4.11. The van der Waals surface area contributed by atoms with E-state index in [0.29, 0.717) is 17.2 Å². The molecule has 8 heteroatoms. The highest BCUT2D eigenvalue weighted by Gasteiger charge is 2.10. The molecule has 98 valence electrons. The van der Waals surface area contributed by atoms with Crippen molar-refractivity contribution in [1.29, 1.82) is 0 Å². The average Bonchev–Trinajstić information content (AvgIpc) is 3.19. The zero-order valence-corrected chi connectivity index (χ0v) is 10.9. The highest BCUT2D eigenvalue weighted by Crippen LogP contribution is 2.22. The second-order valence-corrected chi connectivity index (χ2v) is 4.94. The van der Waals surface area contributed by atoms with Crippen LogP contribution in [0.25, 0.3) is 22.3 Å². The number of hydrogen-bond acceptors (Lipinski definition) is 5. The average molecular weight is 284 g/mol. The summed E-state index contributed by atoms with van der Waals surface area (Å²) in [6.07, 6.45) is 5.27. The molecule has 0 unspecified atom stereocenters. The molecule has 0 spiro atoms. The molecule has 0 aliphatic rings. The first-order chi connectivity index (χ1) is 9.81. The van der Waals surface area contributed by atoms with Crippen LogP contribution >= 0.6 is 11.3 Å². The number of nitrogens with one attached hydrogen (secondary N) is 1. The lowest BCUT2D eigenvalue weighted by Gasteiger charge is -1.97. The van der Waals surface area contributed by atoms with Gasteiger partial charge in [0.1, 0.15) is 12.0 Å². The molecule has 0 amide bonds. The monoisotopic (exact) mass is 284 g/mol. The molecule has 0 atom stereocenters. The molecular weight excluding hydrogens is 276 g/mol. The molecule has 0 saturated heterocycles. The van der Waals surface area contributed by atoms with Crippen LogP contribution in [-0.2, 0) is 0 Å². The standard InChI is InChI=1S/C12H8N6OS/c19-10-5-8(15-11-13-7-14-18(10)11)9-6-20-12(16-9)17-3-1-2-4-17/h1-7H,(H,13,14,15). The number of fused-ring (bicyclic) bond motifs is 1. The zero-order valence-electron chi connectivity index (χ0n) is 10.1. The fourth-order valence-electron chi connectivity index (χ4n) is 1.92. The van der Waals surface area contributed by atoms with Gasteiger partial charge in [-0.3, -0.25) is 9.89 Å². The van der Waals surface area contributed by atoms with Gasteiger partial charge < -0.3 is 4.57 Å². The van der Waals surface area contributed by atoms with E-state index < -0.39 is 0 Å². The third kappa shape index (κ3) is 1.66. The molecule has 0 aromatic carbocycles. The van der Waals surface area contributed by atoms with Gasteiger partial charge in [0.25, 0.3) is 11.3 Å². The topological polar surface area (TPSA) is 80.9 Å². The minimum absolute atomic E-state index is 0.210. The van der Waals surface area contributed by atoms with Crippen molar-refractivity contribution in [3.8, 4) is 16.5 Å². The highest BCUT2D eigenvalue weighted by molar-refractivity contribution is 7.12. The van der Waals surface area contributed by atoms with Crippen LogP contribution in [0.2, 0.25) is 0 Å². The van der Waals surface area contributed by atoms with Gasteiger partial charge in [-0.1, -0.05) is 0 Å². The second kappa shape index (κ2) is 4.14. The van der Waals surface area contributed by atoms with Gasteiger partial charge in [0, 0.05) is 23.8 Å². The van der Waals surface area contributed by atoms with E-state index in [-0.39, 0.29) is 5.56 Å². The molecule has 20 heavy (non-hydrogen) atoms. The van der Waals surface area contributed by atoms with E-state index >= 15 is 0 Å². The van der Waals surface area contributed by atoms with E-state index in [1.165, 1.54) is 28.2 Å². The van der Waals surface area contributed by atoms with Crippen LogP contribution in [0, 0.1) is 0 Å². The molecule has 4 heterocycles. The highest BCUT2D eigenvalue weighted by atomic mass is 32.1. The maximum absolute atomic E-state index is 11.9. The third-order valence-corrected chi connectivity index (χ3v) is 3.70. The Hall–Kier alpha value is -2.74. The number of aromatic nitrogens is 6. The molecule has 0 aliphatic heterocycles. The maximum atomic E-state index is 11.9. The Balaban J connectivity index is 1.85. The Morgan fingerprint density at radius 2 is 2.00 bits per heavy atom. The van der Waals surface area contributed by atoms with Gasteiger partial charge in [0.2, 0.25) is 0 Å². The summed E-state index contributed by atoms with van der Waals surface area (Å²) in [7, 11) is 0. The summed E-state index contributed by atoms with van der Waals surface area (Å²) in [4.78, 5) is 24.7. The largest absolute Gasteiger partial charge is 0.300 e. The fraction of sp³-hybridized carbons (Fsp3) is 0. The molecule has 0 radical (unpaired) electrons. The number of nitrogens with zero attached hydrogens (tertiary/aromatic N) is 5. The third-order valence-electron chi connectivity index (χ3n) is 2.85. The Morgan fingerprint density at radius 3 is 2.85 bits per heavy atom. The predicted molar refractivity (Wildman–Crippen MR) is 74.0 cm³/mol. The number of hydrogen-bond donors (Lipinski definition) is 1. The van der Waals surface area contributed by atoms with Crippen molar-refractivity contribution in [2.24, 2.45) is 0 Å². The summed E-state index contributed by atoms with van der Waals surface area (Å²) in [6.45, 7) is 0. The van der Waals surface area contributed by atoms with Gasteiger partial charge in [-0.2, -0.15) is 4.52 Å². The molecule has 7 nitrogen and oxygen atoms in total. The molecule has 0 aliphatic carbocycles. The van der Waals surface area contributed by atoms with Crippen molar-refractivity contribution in [2.45, 2.75) is 0 Å². The van der Waals surface area contributed by atoms with Crippen LogP contribution in [-0.4, -0.2) is 29.1 Å². The molecular formula is C12H8N6OS. The van der Waals surface area contributed by atoms with Crippen LogP contribution in [0.3, 0.4) is 0 Å². The van der Waals surface area contributed by atoms with Gasteiger partial charge in [-0.25, -0.2) is 15.0 Å². The molecule has 0 bridgehead atoms. The summed E-state index contributed by atoms with van der Waals surface area (Å²) >= 11 is 1.49. The van der Waals surface area contributed by atoms with E-state index in [4.69, 9.17) is 0 Å². The van der Waals surface area contributed by atoms with Crippen molar-refractivity contribution in [3.05, 3.63) is 52.7 Å². The van der Waals surface area contributed by atoms with Crippen LogP contribution < -0.4 is 5.56 Å². The summed E-state index contributed by atoms with van der Waals surface area (Å²) in [5.41, 5.74) is 0.982. The Kier molecular flexibility index (Phi) is 2.30. The first kappa shape index (κ1) is 11.1. The Morgan fingerprint density at radius 1 is 1.15 bits per heavy atom. The maximum Gasteiger partial charge on any atom is 0.274 e. The minimum atomic E-state index is -0.210. The molecule has 4 aromatic heterocycles. The van der Waals surface area contributed by atoms with Gasteiger partial charge in [0.05, 0.1) is 5.69 Å². The number of rotatable bonds is 2. The normalized spacial score (nSPS) is 11.2. The predicted octanol–water partition coefficient (Wildman–Crippen LogP) is 1.33. The summed E-state index contributed by atoms with van der Waals surface area (Å²) < 4.78 is 3.19. The molecule has 0 saturated carbocycles. The minimum Gasteiger partial charge on any atom is -0.300 e. The van der Waals surface area contributed by atoms with Crippen molar-refractivity contribution in [2.75, 3.05) is 0 Å². The number of aromatic amines is 1. The summed E-state index contributed by atoms with van der Waals surface area (Å²) in [5, 5.41) is 5.41. The van der Waals surface area contributed by atoms with Crippen molar-refractivity contribution in [1.82, 2.24) is 29.1 Å². The van der Waals surface area contributed by atoms with E-state index in [1.54, 1.807) is 0 Å². The van der Waals surface area contributed by atoms with E-state index in [0.717, 1.165) is 5.13 Å². The fourth-order valence-corrected chi connectivity index (χ4v) is 2.70. The van der Waals surface area contributed by atoms with E-state index in [1.807, 2.05) is 34.5 Å². The van der Waals surface area contributed by atoms with Gasteiger partial charge in [-0.15, -0.1) is 11.3 Å². The van der Waals surface area contributed by atoms with Crippen molar-refractivity contribution in [3.63, 3.8) is 0 Å². The zero-order chi connectivity index (χ0) is 13.5. The Labute approximate surface area is 116 Å². The van der Waals surface area contributed by atoms with Crippen LogP contribution in [0.5, 0.6) is 0 Å². The molecule has 0 fully saturated rings. The van der Waals surface area contributed by atoms with Crippen LogP contribution in [0.4, 0.5) is 0 Å². The SMILES string of the molecule is O=c1cc(-c2csc(-n3cccc3)n2)nc2nc[nH]n12. The summed E-state index contributed by atoms with van der Waals surface area (Å²) in [5.74, 6) is 0.336. The summed E-state index contributed by atoms with van der Waals surface area (Å²) in [6, 6.07) is 5.31. The van der Waals surface area contributed by atoms with Crippen LogP contribution in [0.15, 0.2) is 47.1 Å². The molecule has 4 rings (SSSR count). The lowest BCUT2D eigenvalue weighted by molar-refractivity contribution is 0.899. The van der Waals surface area contributed by atoms with Crippen LogP contribution in [0.1, 0.15) is 0 Å². The lowest BCUT2D eigenvalue weighted by atomic mass is 10.3. The van der Waals surface area contributed by atoms with Crippen molar-refractivity contribution >= 4 is 17.1 Å². The van der Waals surface area contributed by atoms with Gasteiger partial charge in [0.15, 0.2) is 5.13 Å². The van der Waals surface area contributed by atoms with Gasteiger partial charge in [-0.05, 0) is 12.1 Å². The van der Waals surface area contributed by atoms with Crippen molar-refractivity contribution < 1.29 is 0 Å². The van der Waals surface area contributed by atoms with E-state index in [9.17, 15) is 4.79 Å². The van der Waals surface area contributed by atoms with E-state index in [2.05, 4.69) is 20.1 Å².